The number of hydrogen-bond donors (Lipinski definition) is 2. The van der Waals surface area contributed by atoms with Crippen molar-refractivity contribution in [3.63, 3.8) is 0 Å². The maximum Gasteiger partial charge on any atom is 0.239 e. The smallest absolute Gasteiger partial charge is 0.239 e. The largest absolute Gasteiger partial charge is 0.351 e. The first kappa shape index (κ1) is 15.7. The van der Waals surface area contributed by atoms with Gasteiger partial charge in [-0.05, 0) is 33.4 Å². The highest BCUT2D eigenvalue weighted by Gasteiger charge is 2.23. The van der Waals surface area contributed by atoms with E-state index in [1.54, 1.807) is 13.8 Å². The summed E-state index contributed by atoms with van der Waals surface area (Å²) in [6, 6.07) is 10.3. The van der Waals surface area contributed by atoms with Crippen molar-refractivity contribution in [2.45, 2.75) is 38.9 Å². The van der Waals surface area contributed by atoms with E-state index in [9.17, 15) is 4.79 Å². The van der Waals surface area contributed by atoms with Gasteiger partial charge in [-0.25, -0.2) is 0 Å². The lowest BCUT2D eigenvalue weighted by molar-refractivity contribution is -0.125. The Hall–Kier alpha value is -1.39. The molecule has 1 unspecified atom stereocenters. The highest BCUT2D eigenvalue weighted by Crippen LogP contribution is 2.04. The number of amides is 1. The topological polar surface area (TPSA) is 58.4 Å². The van der Waals surface area contributed by atoms with Crippen LogP contribution in [0, 0.1) is 0 Å². The highest BCUT2D eigenvalue weighted by molar-refractivity contribution is 5.85. The van der Waals surface area contributed by atoms with Crippen molar-refractivity contribution in [1.29, 1.82) is 0 Å². The van der Waals surface area contributed by atoms with E-state index in [1.165, 1.54) is 5.56 Å². The van der Waals surface area contributed by atoms with Crippen LogP contribution in [0.2, 0.25) is 0 Å². The number of carbonyl (C=O) groups is 1. The summed E-state index contributed by atoms with van der Waals surface area (Å²) >= 11 is 0. The van der Waals surface area contributed by atoms with Crippen LogP contribution in [0.4, 0.5) is 0 Å². The van der Waals surface area contributed by atoms with Crippen LogP contribution in [0.15, 0.2) is 30.3 Å². The molecule has 1 aromatic rings. The molecule has 0 saturated heterocycles. The Morgan fingerprint density at radius 1 is 1.37 bits per heavy atom. The van der Waals surface area contributed by atoms with Crippen LogP contribution in [-0.2, 0) is 11.3 Å². The molecule has 0 radical (unpaired) electrons. The predicted molar refractivity (Wildman–Crippen MR) is 78.6 cm³/mol. The normalized spacial score (nSPS) is 13.4. The summed E-state index contributed by atoms with van der Waals surface area (Å²) < 4.78 is 0. The fraction of sp³-hybridized carbons (Fsp3) is 0.533. The third-order valence-corrected chi connectivity index (χ3v) is 2.84. The van der Waals surface area contributed by atoms with Crippen LogP contribution < -0.4 is 11.1 Å². The first-order valence-corrected chi connectivity index (χ1v) is 6.61. The second-order valence-electron chi connectivity index (χ2n) is 5.78. The van der Waals surface area contributed by atoms with Gasteiger partial charge < -0.3 is 16.0 Å². The number of nitrogens with two attached hydrogens (primary N) is 1. The van der Waals surface area contributed by atoms with Crippen molar-refractivity contribution in [3.05, 3.63) is 35.9 Å². The quantitative estimate of drug-likeness (QED) is 0.815. The van der Waals surface area contributed by atoms with E-state index in [2.05, 4.69) is 22.3 Å². The fourth-order valence-corrected chi connectivity index (χ4v) is 1.88. The van der Waals surface area contributed by atoms with E-state index in [0.29, 0.717) is 0 Å². The zero-order chi connectivity index (χ0) is 14.5. The van der Waals surface area contributed by atoms with Gasteiger partial charge in [-0.15, -0.1) is 0 Å². The van der Waals surface area contributed by atoms with Crippen LogP contribution in [0.25, 0.3) is 0 Å². The first-order chi connectivity index (χ1) is 8.79. The molecule has 0 aliphatic carbocycles. The number of nitrogens with zero attached hydrogens (tertiary/aromatic N) is 1. The van der Waals surface area contributed by atoms with E-state index in [4.69, 9.17) is 5.73 Å². The van der Waals surface area contributed by atoms with Gasteiger partial charge in [0.05, 0.1) is 5.54 Å². The molecule has 0 aromatic heterocycles. The number of benzene rings is 1. The summed E-state index contributed by atoms with van der Waals surface area (Å²) in [7, 11) is 2.04. The second-order valence-corrected chi connectivity index (χ2v) is 5.78. The lowest BCUT2D eigenvalue weighted by atomic mass is 10.1. The number of rotatable bonds is 6. The number of hydrogen-bond acceptors (Lipinski definition) is 3. The summed E-state index contributed by atoms with van der Waals surface area (Å²) in [6.07, 6.45) is 0. The third-order valence-electron chi connectivity index (χ3n) is 2.84. The molecule has 4 heteroatoms. The first-order valence-electron chi connectivity index (χ1n) is 6.61. The minimum Gasteiger partial charge on any atom is -0.351 e. The van der Waals surface area contributed by atoms with Gasteiger partial charge in [-0.3, -0.25) is 4.79 Å². The zero-order valence-corrected chi connectivity index (χ0v) is 12.3. The molecule has 1 rings (SSSR count). The molecule has 19 heavy (non-hydrogen) atoms. The minimum atomic E-state index is -0.827. The Bertz CT molecular complexity index is 398. The van der Waals surface area contributed by atoms with Gasteiger partial charge in [0.1, 0.15) is 0 Å². The summed E-state index contributed by atoms with van der Waals surface area (Å²) in [4.78, 5) is 13.9. The Morgan fingerprint density at radius 3 is 2.47 bits per heavy atom. The molecule has 0 bridgehead atoms. The maximum absolute atomic E-state index is 11.8. The molecule has 0 saturated carbocycles. The Kier molecular flexibility index (Phi) is 5.51. The molecule has 4 nitrogen and oxygen atoms in total. The van der Waals surface area contributed by atoms with Gasteiger partial charge in [0.25, 0.3) is 0 Å². The Labute approximate surface area is 116 Å². The number of likely N-dealkylation sites (N-methyl/N-ethyl adjacent to an activating group) is 1. The van der Waals surface area contributed by atoms with Crippen LogP contribution in [0.3, 0.4) is 0 Å². The van der Waals surface area contributed by atoms with Crippen molar-refractivity contribution in [3.8, 4) is 0 Å². The van der Waals surface area contributed by atoms with Crippen molar-refractivity contribution in [1.82, 2.24) is 10.2 Å². The van der Waals surface area contributed by atoms with E-state index in [1.807, 2.05) is 32.2 Å². The van der Waals surface area contributed by atoms with Crippen LogP contribution in [0.5, 0.6) is 0 Å². The summed E-state index contributed by atoms with van der Waals surface area (Å²) in [6.45, 7) is 7.07. The van der Waals surface area contributed by atoms with Crippen LogP contribution >= 0.6 is 0 Å². The molecular weight excluding hydrogens is 238 g/mol. The molecule has 1 amide bonds. The molecule has 0 aliphatic rings. The summed E-state index contributed by atoms with van der Waals surface area (Å²) in [5, 5.41) is 2.93. The minimum absolute atomic E-state index is 0.0732. The van der Waals surface area contributed by atoms with E-state index in [0.717, 1.165) is 13.1 Å². The Balaban J connectivity index is 2.40. The second kappa shape index (κ2) is 6.68. The van der Waals surface area contributed by atoms with E-state index >= 15 is 0 Å². The molecule has 0 fully saturated rings. The molecule has 0 aliphatic heterocycles. The van der Waals surface area contributed by atoms with Gasteiger partial charge in [-0.1, -0.05) is 30.3 Å². The summed E-state index contributed by atoms with van der Waals surface area (Å²) in [5.74, 6) is -0.117. The lowest BCUT2D eigenvalue weighted by Crippen LogP contribution is -2.53. The fourth-order valence-electron chi connectivity index (χ4n) is 1.88. The van der Waals surface area contributed by atoms with Gasteiger partial charge in [0.15, 0.2) is 0 Å². The van der Waals surface area contributed by atoms with Crippen molar-refractivity contribution in [2.75, 3.05) is 13.6 Å². The van der Waals surface area contributed by atoms with Crippen molar-refractivity contribution in [2.24, 2.45) is 5.73 Å². The van der Waals surface area contributed by atoms with Crippen LogP contribution in [-0.4, -0.2) is 36.0 Å². The predicted octanol–water partition coefficient (Wildman–Crippen LogP) is 1.36. The molecule has 3 N–H and O–H groups in total. The maximum atomic E-state index is 11.8. The molecular formula is C15H25N3O. The average molecular weight is 263 g/mol. The molecule has 0 spiro atoms. The van der Waals surface area contributed by atoms with Gasteiger partial charge >= 0.3 is 0 Å². The standard InChI is InChI=1S/C15H25N3O/c1-12(17-14(19)15(2,3)16)10-18(4)11-13-8-6-5-7-9-13/h5-9,12H,10-11,16H2,1-4H3,(H,17,19). The zero-order valence-electron chi connectivity index (χ0n) is 12.3. The average Bonchev–Trinajstić information content (AvgIpc) is 2.28. The molecule has 1 aromatic carbocycles. The van der Waals surface area contributed by atoms with Gasteiger partial charge in [-0.2, -0.15) is 0 Å². The van der Waals surface area contributed by atoms with E-state index < -0.39 is 5.54 Å². The van der Waals surface area contributed by atoms with Gasteiger partial charge in [0, 0.05) is 19.1 Å². The summed E-state index contributed by atoms with van der Waals surface area (Å²) in [5.41, 5.74) is 6.20. The lowest BCUT2D eigenvalue weighted by Gasteiger charge is -2.25. The van der Waals surface area contributed by atoms with Crippen LogP contribution in [0.1, 0.15) is 26.3 Å². The third kappa shape index (κ3) is 5.85. The Morgan fingerprint density at radius 2 is 1.95 bits per heavy atom. The highest BCUT2D eigenvalue weighted by atomic mass is 16.2. The molecule has 1 atom stereocenters. The van der Waals surface area contributed by atoms with E-state index in [-0.39, 0.29) is 11.9 Å². The van der Waals surface area contributed by atoms with Crippen molar-refractivity contribution >= 4 is 5.91 Å². The number of carbonyl (C=O) groups excluding carboxylic acids is 1. The SMILES string of the molecule is CC(CN(C)Cc1ccccc1)NC(=O)C(C)(C)N. The number of nitrogens with one attached hydrogen (secondary N) is 1. The molecule has 106 valence electrons. The monoisotopic (exact) mass is 263 g/mol. The van der Waals surface area contributed by atoms with Crippen molar-refractivity contribution < 1.29 is 4.79 Å². The van der Waals surface area contributed by atoms with Gasteiger partial charge in [0.2, 0.25) is 5.91 Å². The molecule has 0 heterocycles.